The molecule has 27 heavy (non-hydrogen) atoms. The van der Waals surface area contributed by atoms with Gasteiger partial charge in [0, 0.05) is 18.0 Å². The zero-order chi connectivity index (χ0) is 18.5. The Morgan fingerprint density at radius 2 is 1.70 bits per heavy atom. The van der Waals surface area contributed by atoms with Crippen molar-refractivity contribution in [2.75, 3.05) is 0 Å². The van der Waals surface area contributed by atoms with E-state index in [-0.39, 0.29) is 11.9 Å². The highest BCUT2D eigenvalue weighted by Gasteiger charge is 2.28. The minimum atomic E-state index is 0.0193. The molecule has 3 heteroatoms. The summed E-state index contributed by atoms with van der Waals surface area (Å²) in [4.78, 5) is 13.1. The van der Waals surface area contributed by atoms with E-state index in [2.05, 4.69) is 5.32 Å². The standard InChI is InChI=1S/C24H25NO2/c26-24(22-14-6-5-13-21(22)18-9-2-1-3-10-18)25-23-15-7-4-11-19(23)17-20-12-8-16-27-20/h1-3,5-6,8-10,12-14,16,19,23H,4,7,11,15,17H2,(H,25,26)/t19-,23+/m1/s1. The van der Waals surface area contributed by atoms with Crippen LogP contribution >= 0.6 is 0 Å². The molecule has 2 aromatic carbocycles. The minimum absolute atomic E-state index is 0.0193. The minimum Gasteiger partial charge on any atom is -0.469 e. The number of carbonyl (C=O) groups excluding carboxylic acids is 1. The molecule has 1 saturated carbocycles. The SMILES string of the molecule is O=C(N[C@H]1CCCC[C@@H]1Cc1ccco1)c1ccccc1-c1ccccc1. The van der Waals surface area contributed by atoms with Crippen LogP contribution in [-0.2, 0) is 6.42 Å². The molecule has 0 radical (unpaired) electrons. The summed E-state index contributed by atoms with van der Waals surface area (Å²) in [6, 6.07) is 22.1. The molecule has 0 bridgehead atoms. The van der Waals surface area contributed by atoms with Gasteiger partial charge in [0.15, 0.2) is 0 Å². The molecule has 1 aromatic heterocycles. The third-order valence-electron chi connectivity index (χ3n) is 5.53. The first-order valence-corrected chi connectivity index (χ1v) is 9.79. The van der Waals surface area contributed by atoms with Crippen LogP contribution in [0, 0.1) is 5.92 Å². The molecular weight excluding hydrogens is 334 g/mol. The van der Waals surface area contributed by atoms with E-state index < -0.39 is 0 Å². The zero-order valence-electron chi connectivity index (χ0n) is 15.4. The first-order valence-electron chi connectivity index (χ1n) is 9.79. The molecule has 1 aliphatic rings. The average Bonchev–Trinajstić information content (AvgIpc) is 3.23. The third-order valence-corrected chi connectivity index (χ3v) is 5.53. The highest BCUT2D eigenvalue weighted by Crippen LogP contribution is 2.29. The number of carbonyl (C=O) groups is 1. The molecule has 1 N–H and O–H groups in total. The van der Waals surface area contributed by atoms with Gasteiger partial charge in [0.05, 0.1) is 6.26 Å². The Balaban J connectivity index is 1.53. The van der Waals surface area contributed by atoms with Gasteiger partial charge in [-0.3, -0.25) is 4.79 Å². The lowest BCUT2D eigenvalue weighted by Gasteiger charge is -2.32. The lowest BCUT2D eigenvalue weighted by atomic mass is 9.81. The Labute approximate surface area is 160 Å². The molecule has 3 nitrogen and oxygen atoms in total. The van der Waals surface area contributed by atoms with E-state index in [0.717, 1.165) is 41.7 Å². The van der Waals surface area contributed by atoms with Crippen molar-refractivity contribution in [3.8, 4) is 11.1 Å². The van der Waals surface area contributed by atoms with Crippen molar-refractivity contribution in [2.45, 2.75) is 38.1 Å². The van der Waals surface area contributed by atoms with Gasteiger partial charge in [-0.05, 0) is 48.1 Å². The fourth-order valence-electron chi connectivity index (χ4n) is 4.13. The second-order valence-electron chi connectivity index (χ2n) is 7.32. The first-order chi connectivity index (χ1) is 13.3. The van der Waals surface area contributed by atoms with E-state index in [1.165, 1.54) is 12.8 Å². The van der Waals surface area contributed by atoms with Gasteiger partial charge < -0.3 is 9.73 Å². The summed E-state index contributed by atoms with van der Waals surface area (Å²) in [5.74, 6) is 1.45. The van der Waals surface area contributed by atoms with Gasteiger partial charge in [-0.25, -0.2) is 0 Å². The second kappa shape index (κ2) is 8.26. The smallest absolute Gasteiger partial charge is 0.252 e. The highest BCUT2D eigenvalue weighted by atomic mass is 16.3. The number of benzene rings is 2. The summed E-state index contributed by atoms with van der Waals surface area (Å²) in [6.45, 7) is 0. The maximum atomic E-state index is 13.1. The number of hydrogen-bond acceptors (Lipinski definition) is 2. The van der Waals surface area contributed by atoms with Gasteiger partial charge in [-0.15, -0.1) is 0 Å². The molecule has 1 amide bonds. The third kappa shape index (κ3) is 4.13. The van der Waals surface area contributed by atoms with Crippen LogP contribution in [0.2, 0.25) is 0 Å². The van der Waals surface area contributed by atoms with E-state index >= 15 is 0 Å². The van der Waals surface area contributed by atoms with Crippen LogP contribution in [0.25, 0.3) is 11.1 Å². The maximum Gasteiger partial charge on any atom is 0.252 e. The summed E-state index contributed by atoms with van der Waals surface area (Å²) < 4.78 is 5.54. The number of nitrogens with one attached hydrogen (secondary N) is 1. The highest BCUT2D eigenvalue weighted by molar-refractivity contribution is 6.01. The Morgan fingerprint density at radius 3 is 2.52 bits per heavy atom. The largest absolute Gasteiger partial charge is 0.469 e. The van der Waals surface area contributed by atoms with Crippen LogP contribution in [0.1, 0.15) is 41.8 Å². The van der Waals surface area contributed by atoms with Crippen LogP contribution in [-0.4, -0.2) is 11.9 Å². The molecule has 1 fully saturated rings. The Bertz CT molecular complexity index is 870. The van der Waals surface area contributed by atoms with E-state index in [0.29, 0.717) is 5.92 Å². The van der Waals surface area contributed by atoms with Gasteiger partial charge in [-0.2, -0.15) is 0 Å². The van der Waals surface area contributed by atoms with Crippen molar-refractivity contribution < 1.29 is 9.21 Å². The number of amides is 1. The van der Waals surface area contributed by atoms with E-state index in [9.17, 15) is 4.79 Å². The van der Waals surface area contributed by atoms with E-state index in [1.54, 1.807) is 6.26 Å². The van der Waals surface area contributed by atoms with Crippen LogP contribution < -0.4 is 5.32 Å². The molecule has 1 aliphatic carbocycles. The Morgan fingerprint density at radius 1 is 0.926 bits per heavy atom. The van der Waals surface area contributed by atoms with Crippen LogP contribution in [0.5, 0.6) is 0 Å². The second-order valence-corrected chi connectivity index (χ2v) is 7.32. The summed E-state index contributed by atoms with van der Waals surface area (Å²) in [6.07, 6.45) is 7.16. The molecule has 138 valence electrons. The lowest BCUT2D eigenvalue weighted by Crippen LogP contribution is -2.43. The van der Waals surface area contributed by atoms with Crippen molar-refractivity contribution in [3.63, 3.8) is 0 Å². The Hall–Kier alpha value is -2.81. The van der Waals surface area contributed by atoms with Gasteiger partial charge in [0.2, 0.25) is 0 Å². The lowest BCUT2D eigenvalue weighted by molar-refractivity contribution is 0.0904. The zero-order valence-corrected chi connectivity index (χ0v) is 15.4. The fraction of sp³-hybridized carbons (Fsp3) is 0.292. The predicted octanol–water partition coefficient (Wildman–Crippen LogP) is 5.48. The van der Waals surface area contributed by atoms with Gasteiger partial charge >= 0.3 is 0 Å². The Kier molecular flexibility index (Phi) is 5.38. The van der Waals surface area contributed by atoms with E-state index in [1.807, 2.05) is 66.7 Å². The van der Waals surface area contributed by atoms with Crippen molar-refractivity contribution in [1.29, 1.82) is 0 Å². The normalized spacial score (nSPS) is 19.6. The molecule has 0 saturated heterocycles. The average molecular weight is 359 g/mol. The number of furan rings is 1. The summed E-state index contributed by atoms with van der Waals surface area (Å²) in [5, 5.41) is 3.33. The van der Waals surface area contributed by atoms with Gasteiger partial charge in [0.1, 0.15) is 5.76 Å². The van der Waals surface area contributed by atoms with Crippen molar-refractivity contribution in [3.05, 3.63) is 84.3 Å². The molecule has 2 atom stereocenters. The molecule has 4 rings (SSSR count). The van der Waals surface area contributed by atoms with Gasteiger partial charge in [0.25, 0.3) is 5.91 Å². The topological polar surface area (TPSA) is 42.2 Å². The van der Waals surface area contributed by atoms with Crippen LogP contribution in [0.15, 0.2) is 77.4 Å². The molecular formula is C24H25NO2. The van der Waals surface area contributed by atoms with Crippen LogP contribution in [0.3, 0.4) is 0 Å². The fourth-order valence-corrected chi connectivity index (χ4v) is 4.13. The van der Waals surface area contributed by atoms with Crippen LogP contribution in [0.4, 0.5) is 0 Å². The molecule has 0 aliphatic heterocycles. The monoisotopic (exact) mass is 359 g/mol. The van der Waals surface area contributed by atoms with Gasteiger partial charge in [-0.1, -0.05) is 61.4 Å². The van der Waals surface area contributed by atoms with E-state index in [4.69, 9.17) is 4.42 Å². The summed E-state index contributed by atoms with van der Waals surface area (Å²) in [5.41, 5.74) is 2.79. The molecule has 1 heterocycles. The summed E-state index contributed by atoms with van der Waals surface area (Å²) >= 11 is 0. The van der Waals surface area contributed by atoms with Crippen molar-refractivity contribution in [2.24, 2.45) is 5.92 Å². The number of rotatable bonds is 5. The van der Waals surface area contributed by atoms with Crippen molar-refractivity contribution >= 4 is 5.91 Å². The number of hydrogen-bond donors (Lipinski definition) is 1. The first kappa shape index (κ1) is 17.6. The molecule has 3 aromatic rings. The maximum absolute atomic E-state index is 13.1. The molecule has 0 unspecified atom stereocenters. The quantitative estimate of drug-likeness (QED) is 0.655. The molecule has 0 spiro atoms. The summed E-state index contributed by atoms with van der Waals surface area (Å²) in [7, 11) is 0. The predicted molar refractivity (Wildman–Crippen MR) is 108 cm³/mol. The van der Waals surface area contributed by atoms with Crippen molar-refractivity contribution in [1.82, 2.24) is 5.32 Å².